The summed E-state index contributed by atoms with van der Waals surface area (Å²) in [6, 6.07) is 23.6. The Balaban J connectivity index is 1.91. The number of hydrogen-bond donors (Lipinski definition) is 0. The van der Waals surface area contributed by atoms with Gasteiger partial charge < -0.3 is 4.81 Å². The molecule has 1 aliphatic rings. The summed E-state index contributed by atoms with van der Waals surface area (Å²) >= 11 is 0. The van der Waals surface area contributed by atoms with Crippen LogP contribution < -0.4 is 14.2 Å². The van der Waals surface area contributed by atoms with Gasteiger partial charge in [0.25, 0.3) is 5.82 Å². The summed E-state index contributed by atoms with van der Waals surface area (Å²) in [6.07, 6.45) is 2.10. The molecule has 118 valence electrons. The predicted octanol–water partition coefficient (Wildman–Crippen LogP) is 4.23. The van der Waals surface area contributed by atoms with Crippen LogP contribution in [0.1, 0.15) is 5.56 Å². The highest BCUT2D eigenvalue weighted by molar-refractivity contribution is 6.71. The largest absolute Gasteiger partial charge is 0.503 e. The third-order valence-corrected chi connectivity index (χ3v) is 4.80. The lowest BCUT2D eigenvalue weighted by Gasteiger charge is -2.23. The first-order chi connectivity index (χ1) is 11.7. The van der Waals surface area contributed by atoms with Crippen LogP contribution in [0.25, 0.3) is 0 Å². The Morgan fingerprint density at radius 3 is 2.00 bits per heavy atom. The van der Waals surface area contributed by atoms with Crippen molar-refractivity contribution in [3.63, 3.8) is 0 Å². The van der Waals surface area contributed by atoms with E-state index in [1.165, 1.54) is 28.4 Å². The van der Waals surface area contributed by atoms with Gasteiger partial charge in [-0.05, 0) is 43.6 Å². The molecule has 0 N–H and O–H groups in total. The zero-order valence-corrected chi connectivity index (χ0v) is 14.3. The van der Waals surface area contributed by atoms with E-state index in [-0.39, 0.29) is 6.98 Å². The normalized spacial score (nSPS) is 13.4. The summed E-state index contributed by atoms with van der Waals surface area (Å²) in [5.41, 5.74) is 5.05. The molecule has 0 spiro atoms. The zero-order valence-electron chi connectivity index (χ0n) is 14.3. The quantitative estimate of drug-likeness (QED) is 0.518. The summed E-state index contributed by atoms with van der Waals surface area (Å²) in [4.78, 5) is 4.83. The Hall–Kier alpha value is -2.75. The van der Waals surface area contributed by atoms with Crippen LogP contribution in [0.3, 0.4) is 0 Å². The van der Waals surface area contributed by atoms with Crippen LogP contribution in [-0.2, 0) is 7.05 Å². The lowest BCUT2D eigenvalue weighted by molar-refractivity contribution is -0.658. The van der Waals surface area contributed by atoms with E-state index in [0.717, 1.165) is 0 Å². The van der Waals surface area contributed by atoms with Gasteiger partial charge in [0.2, 0.25) is 0 Å². The summed E-state index contributed by atoms with van der Waals surface area (Å²) in [5.74, 6) is 1.19. The van der Waals surface area contributed by atoms with Crippen LogP contribution in [0.5, 0.6) is 0 Å². The van der Waals surface area contributed by atoms with Crippen LogP contribution in [-0.4, -0.2) is 6.98 Å². The molecule has 0 radical (unpaired) electrons. The van der Waals surface area contributed by atoms with E-state index in [1.54, 1.807) is 0 Å². The minimum absolute atomic E-state index is 0.206. The van der Waals surface area contributed by atoms with Crippen molar-refractivity contribution in [1.82, 2.24) is 0 Å². The Morgan fingerprint density at radius 1 is 0.750 bits per heavy atom. The van der Waals surface area contributed by atoms with Crippen molar-refractivity contribution in [3.05, 3.63) is 78.5 Å². The molecule has 2 aromatic carbocycles. The van der Waals surface area contributed by atoms with E-state index in [9.17, 15) is 0 Å². The van der Waals surface area contributed by atoms with Gasteiger partial charge in [-0.15, -0.1) is 0 Å². The van der Waals surface area contributed by atoms with Gasteiger partial charge in [-0.1, -0.05) is 36.4 Å². The molecule has 0 unspecified atom stereocenters. The predicted molar refractivity (Wildman–Crippen MR) is 101 cm³/mol. The van der Waals surface area contributed by atoms with Crippen molar-refractivity contribution in [2.45, 2.75) is 13.7 Å². The van der Waals surface area contributed by atoms with Crippen LogP contribution in [0.15, 0.2) is 72.9 Å². The van der Waals surface area contributed by atoms with Crippen LogP contribution >= 0.6 is 0 Å². The molecule has 0 aliphatic carbocycles. The van der Waals surface area contributed by atoms with E-state index in [2.05, 4.69) is 108 Å². The monoisotopic (exact) mass is 314 g/mol. The third-order valence-electron chi connectivity index (χ3n) is 4.80. The number of fused-ring (bicyclic) bond motifs is 1. The van der Waals surface area contributed by atoms with Gasteiger partial charge in [0.05, 0.1) is 18.9 Å². The Bertz CT molecular complexity index is 821. The van der Waals surface area contributed by atoms with Crippen molar-refractivity contribution in [2.24, 2.45) is 7.05 Å². The molecule has 0 bridgehead atoms. The van der Waals surface area contributed by atoms with Crippen LogP contribution in [0, 0.1) is 6.92 Å². The second-order valence-electron chi connectivity index (χ2n) is 6.32. The maximum absolute atomic E-state index is 2.43. The number of para-hydroxylation sites is 3. The molecule has 0 saturated carbocycles. The molecule has 0 amide bonds. The fourth-order valence-electron chi connectivity index (χ4n) is 3.63. The van der Waals surface area contributed by atoms with Gasteiger partial charge in [0.1, 0.15) is 5.69 Å². The van der Waals surface area contributed by atoms with Crippen molar-refractivity contribution in [2.75, 3.05) is 9.62 Å². The number of anilines is 4. The van der Waals surface area contributed by atoms with Crippen LogP contribution in [0.4, 0.5) is 22.9 Å². The Morgan fingerprint density at radius 2 is 1.33 bits per heavy atom. The van der Waals surface area contributed by atoms with Gasteiger partial charge in [-0.25, -0.2) is 4.57 Å². The first kappa shape index (κ1) is 14.8. The Labute approximate surface area is 143 Å². The summed E-state index contributed by atoms with van der Waals surface area (Å²) < 4.78 is 2.18. The molecule has 1 aromatic heterocycles. The molecule has 2 heterocycles. The number of pyridine rings is 1. The maximum Gasteiger partial charge on any atom is 0.503 e. The first-order valence-electron chi connectivity index (χ1n) is 8.36. The fourth-order valence-corrected chi connectivity index (χ4v) is 3.63. The van der Waals surface area contributed by atoms with E-state index in [4.69, 9.17) is 0 Å². The molecule has 4 heteroatoms. The molecule has 1 aliphatic heterocycles. The highest BCUT2D eigenvalue weighted by Gasteiger charge is 2.46. The maximum atomic E-state index is 2.43. The fraction of sp³-hybridized carbons (Fsp3) is 0.150. The second kappa shape index (κ2) is 5.71. The van der Waals surface area contributed by atoms with Gasteiger partial charge >= 0.3 is 6.98 Å². The molecular formula is C20H21BN3+. The number of benzene rings is 2. The standard InChI is InChI=1S/C20H21BN3/c1-16-10-4-5-11-17(16)23-18-12-6-7-13-19(18)24(21(23)2)20-14-8-9-15-22(20)3/h4-15H,1-3H3/q+1. The number of aryl methyl sites for hydroxylation is 2. The average Bonchev–Trinajstić information content (AvgIpc) is 2.88. The number of hydrogen-bond acceptors (Lipinski definition) is 2. The highest BCUT2D eigenvalue weighted by Crippen LogP contribution is 2.45. The summed E-state index contributed by atoms with van der Waals surface area (Å²) in [7, 11) is 2.10. The summed E-state index contributed by atoms with van der Waals surface area (Å²) in [6.45, 7) is 4.65. The molecule has 0 saturated heterocycles. The van der Waals surface area contributed by atoms with Crippen molar-refractivity contribution < 1.29 is 4.57 Å². The molecule has 0 fully saturated rings. The van der Waals surface area contributed by atoms with Crippen LogP contribution in [0.2, 0.25) is 6.82 Å². The smallest absolute Gasteiger partial charge is 0.340 e. The van der Waals surface area contributed by atoms with Crippen molar-refractivity contribution in [1.29, 1.82) is 0 Å². The van der Waals surface area contributed by atoms with Crippen molar-refractivity contribution in [3.8, 4) is 0 Å². The molecule has 3 aromatic rings. The highest BCUT2D eigenvalue weighted by atomic mass is 15.3. The second-order valence-corrected chi connectivity index (χ2v) is 6.32. The lowest BCUT2D eigenvalue weighted by atomic mass is 9.75. The van der Waals surface area contributed by atoms with Crippen molar-refractivity contribution >= 4 is 29.9 Å². The zero-order chi connectivity index (χ0) is 16.7. The third kappa shape index (κ3) is 2.18. The first-order valence-corrected chi connectivity index (χ1v) is 8.36. The SMILES string of the molecule is CB1N(c2ccccc2C)c2ccccc2N1c1cccc[n+]1C. The molecule has 3 nitrogen and oxygen atoms in total. The molecule has 24 heavy (non-hydrogen) atoms. The van der Waals surface area contributed by atoms with E-state index in [0.29, 0.717) is 0 Å². The summed E-state index contributed by atoms with van der Waals surface area (Å²) in [5, 5.41) is 0. The number of rotatable bonds is 2. The molecular weight excluding hydrogens is 293 g/mol. The minimum Gasteiger partial charge on any atom is -0.340 e. The number of nitrogens with zero attached hydrogens (tertiary/aromatic N) is 3. The average molecular weight is 314 g/mol. The minimum atomic E-state index is 0.206. The lowest BCUT2D eigenvalue weighted by Crippen LogP contribution is -2.46. The van der Waals surface area contributed by atoms with Gasteiger partial charge in [-0.2, -0.15) is 0 Å². The molecule has 4 rings (SSSR count). The van der Waals surface area contributed by atoms with E-state index < -0.39 is 0 Å². The van der Waals surface area contributed by atoms with E-state index in [1.807, 2.05) is 0 Å². The van der Waals surface area contributed by atoms with Gasteiger partial charge in [0, 0.05) is 11.8 Å². The number of aromatic nitrogens is 1. The topological polar surface area (TPSA) is 10.4 Å². The van der Waals surface area contributed by atoms with Gasteiger partial charge in [-0.3, -0.25) is 4.81 Å². The van der Waals surface area contributed by atoms with E-state index >= 15 is 0 Å². The van der Waals surface area contributed by atoms with Gasteiger partial charge in [0.15, 0.2) is 0 Å². The Kier molecular flexibility index (Phi) is 3.53. The molecule has 0 atom stereocenters.